The third-order valence-corrected chi connectivity index (χ3v) is 3.70. The molecule has 0 spiro atoms. The monoisotopic (exact) mass is 385 g/mol. The van der Waals surface area contributed by atoms with Gasteiger partial charge in [-0.3, -0.25) is 14.4 Å². The highest BCUT2D eigenvalue weighted by Crippen LogP contribution is 2.04. The second-order valence-corrected chi connectivity index (χ2v) is 5.94. The first kappa shape index (κ1) is 22.1. The molecular weight excluding hydrogens is 362 g/mol. The van der Waals surface area contributed by atoms with E-state index in [4.69, 9.17) is 15.9 Å². The fourth-order valence-corrected chi connectivity index (χ4v) is 2.11. The number of aliphatic hydroxyl groups excluding tert-OH is 1. The van der Waals surface area contributed by atoms with Crippen LogP contribution in [0.15, 0.2) is 12.5 Å². The highest BCUT2D eigenvalue weighted by Gasteiger charge is 2.29. The summed E-state index contributed by atoms with van der Waals surface area (Å²) >= 11 is 0. The molecule has 1 rings (SSSR count). The maximum absolute atomic E-state index is 12.5. The average Bonchev–Trinajstić information content (AvgIpc) is 3.09. The van der Waals surface area contributed by atoms with Crippen molar-refractivity contribution in [1.82, 2.24) is 20.6 Å². The van der Waals surface area contributed by atoms with E-state index in [1.807, 2.05) is 0 Å². The summed E-state index contributed by atoms with van der Waals surface area (Å²) in [6.45, 7) is 1.31. The molecule has 0 unspecified atom stereocenters. The first-order valence-electron chi connectivity index (χ1n) is 8.08. The Bertz CT molecular complexity index is 662. The zero-order valence-electron chi connectivity index (χ0n) is 14.6. The van der Waals surface area contributed by atoms with E-state index in [0.717, 1.165) is 0 Å². The van der Waals surface area contributed by atoms with Crippen molar-refractivity contribution in [2.45, 2.75) is 50.4 Å². The molecule has 12 heteroatoms. The summed E-state index contributed by atoms with van der Waals surface area (Å²) in [6, 6.07) is -3.95. The molecule has 4 atom stereocenters. The highest BCUT2D eigenvalue weighted by atomic mass is 16.4. The first-order chi connectivity index (χ1) is 12.6. The number of carboxylic acids is 2. The largest absolute Gasteiger partial charge is 0.481 e. The summed E-state index contributed by atoms with van der Waals surface area (Å²) < 4.78 is 0. The number of nitrogens with zero attached hydrogens (tertiary/aromatic N) is 1. The molecule has 0 aliphatic carbocycles. The van der Waals surface area contributed by atoms with Crippen molar-refractivity contribution in [2.24, 2.45) is 5.73 Å². The number of aromatic amines is 1. The number of nitrogens with one attached hydrogen (secondary N) is 3. The van der Waals surface area contributed by atoms with Crippen LogP contribution >= 0.6 is 0 Å². The van der Waals surface area contributed by atoms with Crippen molar-refractivity contribution in [2.75, 3.05) is 0 Å². The number of H-pyrrole nitrogens is 1. The number of aliphatic carboxylic acids is 2. The van der Waals surface area contributed by atoms with Crippen LogP contribution in [0, 0.1) is 0 Å². The Labute approximate surface area is 154 Å². The third kappa shape index (κ3) is 7.42. The van der Waals surface area contributed by atoms with Crippen molar-refractivity contribution >= 4 is 23.8 Å². The second kappa shape index (κ2) is 10.2. The summed E-state index contributed by atoms with van der Waals surface area (Å²) in [5.74, 6) is -4.26. The number of hydrogen-bond donors (Lipinski definition) is 7. The van der Waals surface area contributed by atoms with Crippen molar-refractivity contribution in [3.8, 4) is 0 Å². The van der Waals surface area contributed by atoms with Gasteiger partial charge in [0.2, 0.25) is 11.8 Å². The maximum atomic E-state index is 12.5. The Kier molecular flexibility index (Phi) is 8.35. The summed E-state index contributed by atoms with van der Waals surface area (Å²) in [5.41, 5.74) is 6.02. The van der Waals surface area contributed by atoms with Crippen LogP contribution < -0.4 is 16.4 Å². The van der Waals surface area contributed by atoms with Gasteiger partial charge in [-0.15, -0.1) is 0 Å². The van der Waals surface area contributed by atoms with Crippen molar-refractivity contribution in [1.29, 1.82) is 0 Å². The van der Waals surface area contributed by atoms with Crippen molar-refractivity contribution < 1.29 is 34.5 Å². The number of nitrogens with two attached hydrogens (primary N) is 1. The lowest BCUT2D eigenvalue weighted by atomic mass is 10.1. The van der Waals surface area contributed by atoms with Crippen LogP contribution in [0.1, 0.15) is 25.5 Å². The molecule has 0 aromatic carbocycles. The zero-order chi connectivity index (χ0) is 20.6. The van der Waals surface area contributed by atoms with Gasteiger partial charge in [0.1, 0.15) is 18.1 Å². The topological polar surface area (TPSA) is 208 Å². The van der Waals surface area contributed by atoms with Crippen LogP contribution in [0.5, 0.6) is 0 Å². The van der Waals surface area contributed by atoms with Crippen LogP contribution in [-0.2, 0) is 25.6 Å². The lowest BCUT2D eigenvalue weighted by Gasteiger charge is -2.23. The van der Waals surface area contributed by atoms with Gasteiger partial charge in [-0.05, 0) is 13.3 Å². The Morgan fingerprint density at radius 1 is 1.19 bits per heavy atom. The smallest absolute Gasteiger partial charge is 0.326 e. The van der Waals surface area contributed by atoms with Crippen LogP contribution in [-0.4, -0.2) is 73.3 Å². The lowest BCUT2D eigenvalue weighted by molar-refractivity contribution is -0.143. The predicted octanol–water partition coefficient (Wildman–Crippen LogP) is -2.42. The van der Waals surface area contributed by atoms with Gasteiger partial charge in [0.15, 0.2) is 0 Å². The number of aromatic nitrogens is 2. The molecule has 12 nitrogen and oxygen atoms in total. The molecule has 2 amide bonds. The molecule has 0 aliphatic heterocycles. The fourth-order valence-electron chi connectivity index (χ4n) is 2.11. The Morgan fingerprint density at radius 2 is 1.81 bits per heavy atom. The standard InChI is InChI=1S/C15H23N5O7/c1-7(21)12(16)14(25)20-10(4-8-5-17-6-18-8)13(24)19-9(15(26)27)2-3-11(22)23/h5-7,9-10,12,21H,2-4,16H2,1H3,(H,17,18)(H,19,24)(H,20,25)(H,22,23)(H,26,27)/t7-,9+,10+,12+/m1/s1. The molecule has 0 fully saturated rings. The van der Waals surface area contributed by atoms with E-state index >= 15 is 0 Å². The number of rotatable bonds is 11. The van der Waals surface area contributed by atoms with Crippen molar-refractivity contribution in [3.05, 3.63) is 18.2 Å². The minimum atomic E-state index is -1.44. The van der Waals surface area contributed by atoms with Crippen LogP contribution in [0.4, 0.5) is 0 Å². The Balaban J connectivity index is 2.88. The molecule has 0 aliphatic rings. The van der Waals surface area contributed by atoms with Crippen LogP contribution in [0.3, 0.4) is 0 Å². The molecule has 0 saturated heterocycles. The third-order valence-electron chi connectivity index (χ3n) is 3.70. The minimum absolute atomic E-state index is 0.0463. The highest BCUT2D eigenvalue weighted by molar-refractivity contribution is 5.92. The van der Waals surface area contributed by atoms with Gasteiger partial charge in [0.25, 0.3) is 0 Å². The number of carbonyl (C=O) groups is 4. The summed E-state index contributed by atoms with van der Waals surface area (Å²) in [5, 5.41) is 31.8. The van der Waals surface area contributed by atoms with Gasteiger partial charge < -0.3 is 36.7 Å². The van der Waals surface area contributed by atoms with E-state index in [-0.39, 0.29) is 12.8 Å². The predicted molar refractivity (Wildman–Crippen MR) is 90.3 cm³/mol. The first-order valence-corrected chi connectivity index (χ1v) is 8.08. The molecule has 0 radical (unpaired) electrons. The molecule has 1 aromatic rings. The van der Waals surface area contributed by atoms with Gasteiger partial charge in [0, 0.05) is 24.7 Å². The second-order valence-electron chi connectivity index (χ2n) is 5.94. The van der Waals surface area contributed by atoms with Gasteiger partial charge in [-0.1, -0.05) is 0 Å². The SMILES string of the molecule is C[C@@H](O)[C@H](N)C(=O)N[C@@H](Cc1cnc[nH]1)C(=O)N[C@@H](CCC(=O)O)C(=O)O. The number of hydrogen-bond acceptors (Lipinski definition) is 7. The Morgan fingerprint density at radius 3 is 2.30 bits per heavy atom. The van der Waals surface area contributed by atoms with E-state index in [1.165, 1.54) is 19.4 Å². The van der Waals surface area contributed by atoms with E-state index < -0.39 is 54.4 Å². The van der Waals surface area contributed by atoms with Crippen LogP contribution in [0.2, 0.25) is 0 Å². The number of imidazole rings is 1. The normalized spacial score (nSPS) is 15.2. The summed E-state index contributed by atoms with van der Waals surface area (Å²) in [7, 11) is 0. The molecule has 150 valence electrons. The van der Waals surface area contributed by atoms with Crippen molar-refractivity contribution in [3.63, 3.8) is 0 Å². The van der Waals surface area contributed by atoms with Gasteiger partial charge in [-0.25, -0.2) is 9.78 Å². The summed E-state index contributed by atoms with van der Waals surface area (Å²) in [6.07, 6.45) is 0.787. The van der Waals surface area contributed by atoms with E-state index in [2.05, 4.69) is 20.6 Å². The molecule has 1 heterocycles. The average molecular weight is 385 g/mol. The van der Waals surface area contributed by atoms with Gasteiger partial charge in [0.05, 0.1) is 12.4 Å². The number of amides is 2. The molecule has 0 saturated carbocycles. The van der Waals surface area contributed by atoms with E-state index in [0.29, 0.717) is 5.69 Å². The molecular formula is C15H23N5O7. The molecule has 27 heavy (non-hydrogen) atoms. The molecule has 8 N–H and O–H groups in total. The summed E-state index contributed by atoms with van der Waals surface area (Å²) in [4.78, 5) is 53.0. The molecule has 1 aromatic heterocycles. The van der Waals surface area contributed by atoms with Gasteiger partial charge >= 0.3 is 11.9 Å². The number of carbonyl (C=O) groups excluding carboxylic acids is 2. The van der Waals surface area contributed by atoms with E-state index in [9.17, 15) is 24.3 Å². The minimum Gasteiger partial charge on any atom is -0.481 e. The number of aliphatic hydroxyl groups is 1. The quantitative estimate of drug-likeness (QED) is 0.216. The zero-order valence-corrected chi connectivity index (χ0v) is 14.6. The lowest BCUT2D eigenvalue weighted by Crippen LogP contribution is -2.57. The maximum Gasteiger partial charge on any atom is 0.326 e. The molecule has 0 bridgehead atoms. The fraction of sp³-hybridized carbons (Fsp3) is 0.533. The number of carboxylic acid groups (broad SMARTS) is 2. The van der Waals surface area contributed by atoms with Gasteiger partial charge in [-0.2, -0.15) is 0 Å². The Hall–Kier alpha value is -2.99. The van der Waals surface area contributed by atoms with E-state index in [1.54, 1.807) is 0 Å². The van der Waals surface area contributed by atoms with Crippen LogP contribution in [0.25, 0.3) is 0 Å².